The monoisotopic (exact) mass is 469 g/mol. The van der Waals surface area contributed by atoms with Gasteiger partial charge in [-0.05, 0) is 41.9 Å². The molecule has 9 heteroatoms. The van der Waals surface area contributed by atoms with Crippen LogP contribution in [0.15, 0.2) is 66.9 Å². The zero-order valence-electron chi connectivity index (χ0n) is 19.1. The SMILES string of the molecule is [B]c1cnn2c(NCCCN(CF)C(=O)[C@@H]3C[C@H]3c3ccccc3)cc(-c3ccccc3O)nc12. The maximum Gasteiger partial charge on any atom is 0.228 e. The van der Waals surface area contributed by atoms with E-state index in [9.17, 15) is 14.3 Å². The van der Waals surface area contributed by atoms with Gasteiger partial charge in [-0.25, -0.2) is 9.37 Å². The number of phenolic OH excluding ortho intramolecular Hbond substituents is 1. The van der Waals surface area contributed by atoms with Gasteiger partial charge in [0.05, 0.1) is 5.69 Å². The average Bonchev–Trinajstić information content (AvgIpc) is 3.60. The highest BCUT2D eigenvalue weighted by Crippen LogP contribution is 2.48. The first-order valence-electron chi connectivity index (χ1n) is 11.6. The number of hydrogen-bond donors (Lipinski definition) is 2. The van der Waals surface area contributed by atoms with Gasteiger partial charge in [0.1, 0.15) is 19.4 Å². The number of aromatic nitrogens is 3. The van der Waals surface area contributed by atoms with Crippen LogP contribution in [0.5, 0.6) is 5.75 Å². The zero-order valence-corrected chi connectivity index (χ0v) is 19.1. The lowest BCUT2D eigenvalue weighted by molar-refractivity contribution is -0.134. The molecule has 176 valence electrons. The van der Waals surface area contributed by atoms with Crippen molar-refractivity contribution in [3.63, 3.8) is 0 Å². The number of alkyl halides is 1. The molecule has 1 fully saturated rings. The summed E-state index contributed by atoms with van der Waals surface area (Å²) in [5, 5.41) is 17.8. The van der Waals surface area contributed by atoms with Gasteiger partial charge in [0, 0.05) is 36.8 Å². The van der Waals surface area contributed by atoms with Gasteiger partial charge in [-0.1, -0.05) is 42.5 Å². The third-order valence-electron chi connectivity index (χ3n) is 6.38. The van der Waals surface area contributed by atoms with Crippen LogP contribution in [0.4, 0.5) is 10.2 Å². The number of carbonyl (C=O) groups excluding carboxylic acids is 1. The van der Waals surface area contributed by atoms with Crippen molar-refractivity contribution < 1.29 is 14.3 Å². The molecule has 4 aromatic rings. The first kappa shape index (κ1) is 22.9. The van der Waals surface area contributed by atoms with E-state index in [2.05, 4.69) is 15.4 Å². The zero-order chi connectivity index (χ0) is 24.4. The van der Waals surface area contributed by atoms with Crippen LogP contribution in [0, 0.1) is 5.92 Å². The molecule has 0 unspecified atom stereocenters. The van der Waals surface area contributed by atoms with E-state index in [1.807, 2.05) is 36.4 Å². The highest BCUT2D eigenvalue weighted by atomic mass is 19.1. The minimum atomic E-state index is -0.802. The first-order chi connectivity index (χ1) is 17.1. The number of aromatic hydroxyl groups is 1. The molecule has 5 rings (SSSR count). The van der Waals surface area contributed by atoms with Crippen molar-refractivity contribution in [1.82, 2.24) is 19.5 Å². The summed E-state index contributed by atoms with van der Waals surface area (Å²) in [4.78, 5) is 18.6. The Morgan fingerprint density at radius 1 is 1.20 bits per heavy atom. The number of benzene rings is 2. The molecular formula is C26H25BFN5O2. The third-order valence-corrected chi connectivity index (χ3v) is 6.38. The number of fused-ring (bicyclic) bond motifs is 1. The predicted octanol–water partition coefficient (Wildman–Crippen LogP) is 3.26. The molecule has 7 nitrogen and oxygen atoms in total. The molecular weight excluding hydrogens is 444 g/mol. The van der Waals surface area contributed by atoms with E-state index in [-0.39, 0.29) is 23.5 Å². The molecule has 1 aliphatic rings. The van der Waals surface area contributed by atoms with E-state index in [0.29, 0.717) is 47.7 Å². The van der Waals surface area contributed by atoms with Crippen molar-refractivity contribution in [2.24, 2.45) is 5.92 Å². The molecule has 1 aliphatic carbocycles. The molecule has 0 bridgehead atoms. The Morgan fingerprint density at radius 3 is 2.74 bits per heavy atom. The average molecular weight is 469 g/mol. The molecule has 2 N–H and O–H groups in total. The van der Waals surface area contributed by atoms with Crippen LogP contribution >= 0.6 is 0 Å². The van der Waals surface area contributed by atoms with Crippen molar-refractivity contribution in [2.45, 2.75) is 18.8 Å². The van der Waals surface area contributed by atoms with Gasteiger partial charge in [0.15, 0.2) is 12.4 Å². The molecule has 2 heterocycles. The van der Waals surface area contributed by atoms with Gasteiger partial charge in [0.2, 0.25) is 5.91 Å². The first-order valence-corrected chi connectivity index (χ1v) is 11.6. The molecule has 0 spiro atoms. The Bertz CT molecular complexity index is 1350. The summed E-state index contributed by atoms with van der Waals surface area (Å²) in [5.41, 5.74) is 3.13. The van der Waals surface area contributed by atoms with E-state index < -0.39 is 6.80 Å². The van der Waals surface area contributed by atoms with Gasteiger partial charge < -0.3 is 15.3 Å². The van der Waals surface area contributed by atoms with Crippen LogP contribution < -0.4 is 10.8 Å². The minimum Gasteiger partial charge on any atom is -0.507 e. The lowest BCUT2D eigenvalue weighted by atomic mass is 10.0. The second kappa shape index (κ2) is 9.78. The molecule has 2 aromatic carbocycles. The lowest BCUT2D eigenvalue weighted by Crippen LogP contribution is -2.33. The molecule has 35 heavy (non-hydrogen) atoms. The van der Waals surface area contributed by atoms with Gasteiger partial charge in [0.25, 0.3) is 0 Å². The number of nitrogens with zero attached hydrogens (tertiary/aromatic N) is 4. The number of amides is 1. The number of phenols is 1. The Kier molecular flexibility index (Phi) is 6.40. The normalized spacial score (nSPS) is 16.8. The number of hydrogen-bond acceptors (Lipinski definition) is 5. The fraction of sp³-hybridized carbons (Fsp3) is 0.269. The Morgan fingerprint density at radius 2 is 1.97 bits per heavy atom. The number of para-hydroxylation sites is 1. The second-order valence-corrected chi connectivity index (χ2v) is 8.74. The molecule has 0 saturated heterocycles. The van der Waals surface area contributed by atoms with Crippen LogP contribution in [0.25, 0.3) is 16.9 Å². The molecule has 1 saturated carbocycles. The molecule has 2 aromatic heterocycles. The molecule has 2 atom stereocenters. The lowest BCUT2D eigenvalue weighted by Gasteiger charge is -2.19. The summed E-state index contributed by atoms with van der Waals surface area (Å²) in [7, 11) is 6.04. The van der Waals surface area contributed by atoms with Gasteiger partial charge in [-0.3, -0.25) is 4.79 Å². The van der Waals surface area contributed by atoms with Crippen LogP contribution in [0.1, 0.15) is 24.3 Å². The van der Waals surface area contributed by atoms with Crippen LogP contribution in [0.2, 0.25) is 0 Å². The number of rotatable bonds is 9. The van der Waals surface area contributed by atoms with Crippen LogP contribution in [-0.2, 0) is 4.79 Å². The largest absolute Gasteiger partial charge is 0.507 e. The van der Waals surface area contributed by atoms with Gasteiger partial charge in [-0.15, -0.1) is 0 Å². The summed E-state index contributed by atoms with van der Waals surface area (Å²) in [5.74, 6) is 0.649. The Labute approximate surface area is 204 Å². The van der Waals surface area contributed by atoms with Crippen molar-refractivity contribution in [3.05, 3.63) is 72.4 Å². The van der Waals surface area contributed by atoms with Gasteiger partial charge >= 0.3 is 0 Å². The van der Waals surface area contributed by atoms with Gasteiger partial charge in [-0.2, -0.15) is 9.61 Å². The molecule has 1 amide bonds. The quantitative estimate of drug-likeness (QED) is 0.224. The van der Waals surface area contributed by atoms with E-state index in [1.54, 1.807) is 28.8 Å². The molecule has 0 aliphatic heterocycles. The van der Waals surface area contributed by atoms with E-state index in [0.717, 1.165) is 12.0 Å². The fourth-order valence-electron chi connectivity index (χ4n) is 4.42. The summed E-state index contributed by atoms with van der Waals surface area (Å²) >= 11 is 0. The van der Waals surface area contributed by atoms with Crippen LogP contribution in [-0.4, -0.2) is 58.2 Å². The smallest absolute Gasteiger partial charge is 0.228 e. The highest BCUT2D eigenvalue weighted by molar-refractivity contribution is 6.36. The standard InChI is InChI=1S/C26H25BFN5O2/c27-21-15-30-33-24(14-22(31-25(21)33)18-9-4-5-10-23(18)34)29-11-6-12-32(16-28)26(35)20-13-19(20)17-7-2-1-3-8-17/h1-5,7-10,14-15,19-20,29,34H,6,11-13,16H2/t19-,20+/m0/s1. The Balaban J connectivity index is 1.23. The fourth-order valence-corrected chi connectivity index (χ4v) is 4.42. The van der Waals surface area contributed by atoms with Crippen molar-refractivity contribution >= 4 is 30.7 Å². The third kappa shape index (κ3) is 4.71. The topological polar surface area (TPSA) is 82.8 Å². The molecule has 2 radical (unpaired) electrons. The highest BCUT2D eigenvalue weighted by Gasteiger charge is 2.45. The Hall–Kier alpha value is -3.88. The van der Waals surface area contributed by atoms with Crippen molar-refractivity contribution in [2.75, 3.05) is 25.2 Å². The predicted molar refractivity (Wildman–Crippen MR) is 134 cm³/mol. The minimum absolute atomic E-state index is 0.111. The summed E-state index contributed by atoms with van der Waals surface area (Å²) in [6.07, 6.45) is 2.83. The van der Waals surface area contributed by atoms with Crippen molar-refractivity contribution in [3.8, 4) is 17.0 Å². The van der Waals surface area contributed by atoms with E-state index >= 15 is 0 Å². The van der Waals surface area contributed by atoms with E-state index in [4.69, 9.17) is 7.85 Å². The number of nitrogens with one attached hydrogen (secondary N) is 1. The van der Waals surface area contributed by atoms with Crippen LogP contribution in [0.3, 0.4) is 0 Å². The number of carbonyl (C=O) groups is 1. The van der Waals surface area contributed by atoms with Crippen molar-refractivity contribution in [1.29, 1.82) is 0 Å². The number of halogens is 1. The summed E-state index contributed by atoms with van der Waals surface area (Å²) in [6.45, 7) is -0.0126. The summed E-state index contributed by atoms with van der Waals surface area (Å²) < 4.78 is 15.3. The summed E-state index contributed by atoms with van der Waals surface area (Å²) in [6, 6.07) is 18.6. The maximum atomic E-state index is 13.7. The second-order valence-electron chi connectivity index (χ2n) is 8.74. The number of anilines is 1. The maximum absolute atomic E-state index is 13.7. The van der Waals surface area contributed by atoms with E-state index in [1.165, 1.54) is 11.1 Å².